The van der Waals surface area contributed by atoms with Crippen LogP contribution >= 0.6 is 0 Å². The number of benzene rings is 2. The molecule has 152 valence electrons. The van der Waals surface area contributed by atoms with Gasteiger partial charge in [-0.25, -0.2) is 0 Å². The third-order valence-electron chi connectivity index (χ3n) is 5.52. The molecule has 2 aromatic carbocycles. The SMILES string of the molecule is COc1ccccc1C(=O)COC(=O)C1(c2ccccc2)CCN(C(C)=O)CC1. The smallest absolute Gasteiger partial charge is 0.317 e. The molecule has 6 heteroatoms. The average Bonchev–Trinajstić information content (AvgIpc) is 2.77. The number of nitrogens with zero attached hydrogens (tertiary/aromatic N) is 1. The molecule has 0 aromatic heterocycles. The number of Topliss-reactive ketones (excluding diaryl/α,β-unsaturated/α-hetero) is 1. The normalized spacial score (nSPS) is 15.4. The lowest BCUT2D eigenvalue weighted by molar-refractivity contribution is -0.153. The third kappa shape index (κ3) is 4.31. The minimum absolute atomic E-state index is 0.00798. The molecule has 2 aromatic rings. The van der Waals surface area contributed by atoms with E-state index >= 15 is 0 Å². The fourth-order valence-electron chi connectivity index (χ4n) is 3.79. The summed E-state index contributed by atoms with van der Waals surface area (Å²) in [7, 11) is 1.49. The van der Waals surface area contributed by atoms with Crippen LogP contribution in [-0.4, -0.2) is 49.4 Å². The molecule has 0 saturated carbocycles. The van der Waals surface area contributed by atoms with Crippen LogP contribution in [0.15, 0.2) is 54.6 Å². The number of carbonyl (C=O) groups excluding carboxylic acids is 3. The van der Waals surface area contributed by atoms with Gasteiger partial charge in [-0.15, -0.1) is 0 Å². The molecular weight excluding hydrogens is 370 g/mol. The highest BCUT2D eigenvalue weighted by Gasteiger charge is 2.45. The summed E-state index contributed by atoms with van der Waals surface area (Å²) >= 11 is 0. The molecule has 1 fully saturated rings. The molecule has 6 nitrogen and oxygen atoms in total. The first kappa shape index (κ1) is 20.6. The molecule has 0 radical (unpaired) electrons. The molecule has 0 aliphatic carbocycles. The van der Waals surface area contributed by atoms with E-state index in [1.807, 2.05) is 30.3 Å². The number of piperidine rings is 1. The Morgan fingerprint density at radius 3 is 2.21 bits per heavy atom. The van der Waals surface area contributed by atoms with Crippen LogP contribution in [0, 0.1) is 0 Å². The molecule has 1 aliphatic heterocycles. The van der Waals surface area contributed by atoms with Gasteiger partial charge in [-0.2, -0.15) is 0 Å². The van der Waals surface area contributed by atoms with E-state index in [2.05, 4.69) is 0 Å². The topological polar surface area (TPSA) is 72.9 Å². The number of para-hydroxylation sites is 1. The van der Waals surface area contributed by atoms with E-state index in [-0.39, 0.29) is 18.3 Å². The van der Waals surface area contributed by atoms with Crippen LogP contribution in [0.2, 0.25) is 0 Å². The lowest BCUT2D eigenvalue weighted by Crippen LogP contribution is -2.49. The van der Waals surface area contributed by atoms with Crippen LogP contribution in [0.4, 0.5) is 0 Å². The summed E-state index contributed by atoms with van der Waals surface area (Å²) < 4.78 is 10.7. The summed E-state index contributed by atoms with van der Waals surface area (Å²) in [6.45, 7) is 2.11. The molecule has 29 heavy (non-hydrogen) atoms. The minimum atomic E-state index is -0.867. The van der Waals surface area contributed by atoms with Crippen LogP contribution < -0.4 is 4.74 Å². The van der Waals surface area contributed by atoms with Crippen LogP contribution in [0.3, 0.4) is 0 Å². The van der Waals surface area contributed by atoms with Gasteiger partial charge in [-0.05, 0) is 30.5 Å². The highest BCUT2D eigenvalue weighted by molar-refractivity contribution is 6.00. The highest BCUT2D eigenvalue weighted by Crippen LogP contribution is 2.37. The maximum absolute atomic E-state index is 13.2. The molecule has 0 N–H and O–H groups in total. The lowest BCUT2D eigenvalue weighted by atomic mass is 9.72. The fraction of sp³-hybridized carbons (Fsp3) is 0.348. The summed E-state index contributed by atoms with van der Waals surface area (Å²) in [6.07, 6.45) is 0.913. The summed E-state index contributed by atoms with van der Waals surface area (Å²) in [5.41, 5.74) is 0.356. The first-order valence-electron chi connectivity index (χ1n) is 9.62. The molecule has 1 heterocycles. The Labute approximate surface area is 170 Å². The second-order valence-corrected chi connectivity index (χ2v) is 7.15. The maximum Gasteiger partial charge on any atom is 0.317 e. The Bertz CT molecular complexity index is 885. The van der Waals surface area contributed by atoms with Gasteiger partial charge in [0.1, 0.15) is 5.75 Å². The van der Waals surface area contributed by atoms with Crippen LogP contribution in [0.5, 0.6) is 5.75 Å². The van der Waals surface area contributed by atoms with E-state index in [0.717, 1.165) is 5.56 Å². The predicted octanol–water partition coefficient (Wildman–Crippen LogP) is 3.00. The molecule has 0 spiro atoms. The van der Waals surface area contributed by atoms with Crippen molar-refractivity contribution in [2.45, 2.75) is 25.2 Å². The zero-order valence-corrected chi connectivity index (χ0v) is 16.7. The molecule has 0 atom stereocenters. The van der Waals surface area contributed by atoms with Gasteiger partial charge in [0.25, 0.3) is 0 Å². The van der Waals surface area contributed by atoms with Crippen LogP contribution in [0.25, 0.3) is 0 Å². The van der Waals surface area contributed by atoms with Gasteiger partial charge < -0.3 is 14.4 Å². The molecule has 0 unspecified atom stereocenters. The molecular formula is C23H25NO5. The van der Waals surface area contributed by atoms with Crippen molar-refractivity contribution in [2.24, 2.45) is 0 Å². The standard InChI is InChI=1S/C23H25NO5/c1-17(25)24-14-12-23(13-15-24,18-8-4-3-5-9-18)22(27)29-16-20(26)19-10-6-7-11-21(19)28-2/h3-11H,12-16H2,1-2H3. The predicted molar refractivity (Wildman–Crippen MR) is 108 cm³/mol. The van der Waals surface area contributed by atoms with E-state index < -0.39 is 11.4 Å². The Balaban J connectivity index is 1.77. The van der Waals surface area contributed by atoms with Crippen molar-refractivity contribution in [3.8, 4) is 5.75 Å². The maximum atomic E-state index is 13.2. The van der Waals surface area contributed by atoms with Gasteiger partial charge in [0.05, 0.1) is 18.1 Å². The molecule has 0 bridgehead atoms. The van der Waals surface area contributed by atoms with Crippen molar-refractivity contribution in [1.29, 1.82) is 0 Å². The largest absolute Gasteiger partial charge is 0.496 e. The Kier molecular flexibility index (Phi) is 6.32. The number of ether oxygens (including phenoxy) is 2. The summed E-state index contributed by atoms with van der Waals surface area (Å²) in [4.78, 5) is 39.2. The van der Waals surface area contributed by atoms with Crippen molar-refractivity contribution in [3.05, 3.63) is 65.7 Å². The van der Waals surface area contributed by atoms with Crippen LogP contribution in [-0.2, 0) is 19.7 Å². The highest BCUT2D eigenvalue weighted by atomic mass is 16.5. The second kappa shape index (κ2) is 8.90. The van der Waals surface area contributed by atoms with Crippen molar-refractivity contribution >= 4 is 17.7 Å². The van der Waals surface area contributed by atoms with E-state index in [1.54, 1.807) is 29.2 Å². The summed E-state index contributed by atoms with van der Waals surface area (Å²) in [5, 5.41) is 0. The fourth-order valence-corrected chi connectivity index (χ4v) is 3.79. The zero-order valence-electron chi connectivity index (χ0n) is 16.7. The first-order valence-corrected chi connectivity index (χ1v) is 9.62. The van der Waals surface area contributed by atoms with Gasteiger partial charge in [0.15, 0.2) is 6.61 Å². The first-order chi connectivity index (χ1) is 14.0. The molecule has 1 amide bonds. The summed E-state index contributed by atoms with van der Waals surface area (Å²) in [6, 6.07) is 16.3. The second-order valence-electron chi connectivity index (χ2n) is 7.15. The van der Waals surface area contributed by atoms with Gasteiger partial charge >= 0.3 is 5.97 Å². The Morgan fingerprint density at radius 2 is 1.59 bits per heavy atom. The summed E-state index contributed by atoms with van der Waals surface area (Å²) in [5.74, 6) is -0.317. The number of hydrogen-bond acceptors (Lipinski definition) is 5. The van der Waals surface area contributed by atoms with Crippen molar-refractivity contribution in [1.82, 2.24) is 4.90 Å². The Hall–Kier alpha value is -3.15. The third-order valence-corrected chi connectivity index (χ3v) is 5.52. The number of carbonyl (C=O) groups is 3. The quantitative estimate of drug-likeness (QED) is 0.555. The number of rotatable bonds is 6. The van der Waals surface area contributed by atoms with Crippen molar-refractivity contribution in [3.63, 3.8) is 0 Å². The lowest BCUT2D eigenvalue weighted by Gasteiger charge is -2.40. The molecule has 3 rings (SSSR count). The van der Waals surface area contributed by atoms with E-state index in [4.69, 9.17) is 9.47 Å². The van der Waals surface area contributed by atoms with Crippen molar-refractivity contribution in [2.75, 3.05) is 26.8 Å². The molecule has 1 aliphatic rings. The number of amides is 1. The van der Waals surface area contributed by atoms with E-state index in [1.165, 1.54) is 14.0 Å². The Morgan fingerprint density at radius 1 is 0.966 bits per heavy atom. The van der Waals surface area contributed by atoms with Crippen molar-refractivity contribution < 1.29 is 23.9 Å². The molecule has 1 saturated heterocycles. The minimum Gasteiger partial charge on any atom is -0.496 e. The van der Waals surface area contributed by atoms with E-state index in [9.17, 15) is 14.4 Å². The number of esters is 1. The monoisotopic (exact) mass is 395 g/mol. The van der Waals surface area contributed by atoms with Crippen LogP contribution in [0.1, 0.15) is 35.7 Å². The van der Waals surface area contributed by atoms with E-state index in [0.29, 0.717) is 37.2 Å². The van der Waals surface area contributed by atoms with Gasteiger partial charge in [0.2, 0.25) is 11.7 Å². The van der Waals surface area contributed by atoms with Gasteiger partial charge in [-0.3, -0.25) is 14.4 Å². The number of likely N-dealkylation sites (tertiary alicyclic amines) is 1. The average molecular weight is 395 g/mol. The number of methoxy groups -OCH3 is 1. The zero-order chi connectivity index (χ0) is 20.9. The number of ketones is 1. The van der Waals surface area contributed by atoms with Gasteiger partial charge in [0, 0.05) is 20.0 Å². The number of hydrogen-bond donors (Lipinski definition) is 0. The van der Waals surface area contributed by atoms with Gasteiger partial charge in [-0.1, -0.05) is 42.5 Å².